The number of hydrogen-bond acceptors (Lipinski definition) is 5. The molecule has 2 aromatic carbocycles. The third kappa shape index (κ3) is 4.92. The number of halogens is 1. The summed E-state index contributed by atoms with van der Waals surface area (Å²) in [4.78, 5) is 21.2. The summed E-state index contributed by atoms with van der Waals surface area (Å²) in [6.45, 7) is 5.87. The van der Waals surface area contributed by atoms with E-state index in [4.69, 9.17) is 0 Å². The Hall–Kier alpha value is -2.93. The second-order valence-corrected chi connectivity index (χ2v) is 8.65. The maximum absolute atomic E-state index is 13.4. The van der Waals surface area contributed by atoms with Crippen LogP contribution >= 0.6 is 11.3 Å². The van der Waals surface area contributed by atoms with E-state index in [9.17, 15) is 14.3 Å². The molecule has 0 saturated carbocycles. The fraction of sp³-hybridized carbons (Fsp3) is 0.273. The molecule has 3 aromatic rings. The Kier molecular flexibility index (Phi) is 5.88. The van der Waals surface area contributed by atoms with Crippen molar-refractivity contribution >= 4 is 33.8 Å². The molecule has 0 aliphatic heterocycles. The third-order valence-corrected chi connectivity index (χ3v) is 5.37. The number of hydrogen-bond donors (Lipinski definition) is 1. The first-order chi connectivity index (χ1) is 13.6. The number of amides is 1. The highest BCUT2D eigenvalue weighted by molar-refractivity contribution is 7.13. The van der Waals surface area contributed by atoms with Gasteiger partial charge in [-0.05, 0) is 48.5 Å². The fourth-order valence-corrected chi connectivity index (χ4v) is 3.58. The molecule has 1 heterocycles. The van der Waals surface area contributed by atoms with E-state index in [-0.39, 0.29) is 17.5 Å². The molecule has 1 N–H and O–H groups in total. The number of phenols is 1. The van der Waals surface area contributed by atoms with Gasteiger partial charge in [0.2, 0.25) is 5.91 Å². The zero-order chi connectivity index (χ0) is 21.2. The summed E-state index contributed by atoms with van der Waals surface area (Å²) in [6, 6.07) is 12.8. The average Bonchev–Trinajstić information content (AvgIpc) is 3.14. The monoisotopic (exact) mass is 413 g/mol. The Morgan fingerprint density at radius 1 is 1.07 bits per heavy atom. The van der Waals surface area contributed by atoms with Gasteiger partial charge in [-0.25, -0.2) is 9.37 Å². The minimum absolute atomic E-state index is 0.0643. The molecule has 0 radical (unpaired) electrons. The third-order valence-electron chi connectivity index (χ3n) is 4.41. The summed E-state index contributed by atoms with van der Waals surface area (Å²) in [5.74, 6) is -0.202. The van der Waals surface area contributed by atoms with Gasteiger partial charge in [0.15, 0.2) is 5.13 Å². The normalized spacial score (nSPS) is 11.3. The van der Waals surface area contributed by atoms with Crippen LogP contribution in [0.3, 0.4) is 0 Å². The first-order valence-corrected chi connectivity index (χ1v) is 10.1. The molecule has 0 aliphatic carbocycles. The van der Waals surface area contributed by atoms with Crippen molar-refractivity contribution in [3.8, 4) is 5.75 Å². The average molecular weight is 414 g/mol. The minimum Gasteiger partial charge on any atom is -0.508 e. The lowest BCUT2D eigenvalue weighted by Gasteiger charge is -2.29. The summed E-state index contributed by atoms with van der Waals surface area (Å²) < 4.78 is 13.4. The van der Waals surface area contributed by atoms with E-state index in [1.807, 2.05) is 50.2 Å². The predicted molar refractivity (Wildman–Crippen MR) is 115 cm³/mol. The Balaban J connectivity index is 1.85. The summed E-state index contributed by atoms with van der Waals surface area (Å²) in [7, 11) is 1.90. The van der Waals surface area contributed by atoms with Crippen molar-refractivity contribution in [1.82, 2.24) is 4.98 Å². The Morgan fingerprint density at radius 3 is 2.24 bits per heavy atom. The Morgan fingerprint density at radius 2 is 1.66 bits per heavy atom. The van der Waals surface area contributed by atoms with Gasteiger partial charge < -0.3 is 14.9 Å². The molecule has 5 nitrogen and oxygen atoms in total. The quantitative estimate of drug-likeness (QED) is 0.614. The second-order valence-electron chi connectivity index (χ2n) is 7.81. The zero-order valence-electron chi connectivity index (χ0n) is 16.9. The Labute approximate surface area is 174 Å². The molecule has 152 valence electrons. The lowest BCUT2D eigenvalue weighted by Crippen LogP contribution is -2.39. The van der Waals surface area contributed by atoms with Crippen LogP contribution in [-0.4, -0.2) is 23.0 Å². The maximum atomic E-state index is 13.4. The largest absolute Gasteiger partial charge is 0.508 e. The number of carbonyl (C=O) groups is 1. The molecule has 0 bridgehead atoms. The smallest absolute Gasteiger partial charge is 0.232 e. The van der Waals surface area contributed by atoms with E-state index < -0.39 is 5.41 Å². The molecule has 29 heavy (non-hydrogen) atoms. The van der Waals surface area contributed by atoms with Crippen molar-refractivity contribution in [3.05, 3.63) is 65.4 Å². The van der Waals surface area contributed by atoms with Gasteiger partial charge >= 0.3 is 0 Å². The van der Waals surface area contributed by atoms with Crippen molar-refractivity contribution in [2.45, 2.75) is 27.3 Å². The molecule has 0 spiro atoms. The van der Waals surface area contributed by atoms with Gasteiger partial charge in [-0.15, -0.1) is 11.3 Å². The van der Waals surface area contributed by atoms with Crippen LogP contribution in [0.4, 0.5) is 20.9 Å². The number of nitrogens with zero attached hydrogens (tertiary/aromatic N) is 3. The van der Waals surface area contributed by atoms with Crippen molar-refractivity contribution in [2.24, 2.45) is 5.41 Å². The van der Waals surface area contributed by atoms with Gasteiger partial charge in [0.1, 0.15) is 11.6 Å². The van der Waals surface area contributed by atoms with Gasteiger partial charge in [-0.2, -0.15) is 0 Å². The molecular weight excluding hydrogens is 389 g/mol. The second kappa shape index (κ2) is 8.21. The summed E-state index contributed by atoms with van der Waals surface area (Å²) in [6.07, 6.45) is 0. The van der Waals surface area contributed by atoms with Crippen LogP contribution in [0.2, 0.25) is 0 Å². The summed E-state index contributed by atoms with van der Waals surface area (Å²) >= 11 is 1.47. The number of aromatic hydroxyl groups is 1. The number of benzene rings is 2. The van der Waals surface area contributed by atoms with Crippen LogP contribution in [0, 0.1) is 11.2 Å². The van der Waals surface area contributed by atoms with E-state index in [1.165, 1.54) is 23.5 Å². The molecule has 0 atom stereocenters. The van der Waals surface area contributed by atoms with Gasteiger partial charge in [0.25, 0.3) is 0 Å². The zero-order valence-corrected chi connectivity index (χ0v) is 17.7. The molecule has 0 saturated heterocycles. The first-order valence-electron chi connectivity index (χ1n) is 9.20. The highest BCUT2D eigenvalue weighted by Gasteiger charge is 2.29. The van der Waals surface area contributed by atoms with E-state index in [1.54, 1.807) is 29.2 Å². The molecular formula is C22H24FN3O2S. The van der Waals surface area contributed by atoms with Crippen LogP contribution < -0.4 is 9.80 Å². The topological polar surface area (TPSA) is 56.7 Å². The van der Waals surface area contributed by atoms with Crippen molar-refractivity contribution in [2.75, 3.05) is 16.8 Å². The molecule has 0 aliphatic rings. The van der Waals surface area contributed by atoms with Crippen molar-refractivity contribution in [1.29, 1.82) is 0 Å². The number of anilines is 3. The predicted octanol–water partition coefficient (Wildman–Crippen LogP) is 5.34. The van der Waals surface area contributed by atoms with Gasteiger partial charge in [0.05, 0.1) is 12.2 Å². The standard InChI is InChI=1S/C22H24FN3O2S/c1-22(2,3)20(28)26(18-7-5-15(23)6-8-18)13-16-14-29-21(24-16)25(4)17-9-11-19(27)12-10-17/h5-12,14,27H,13H2,1-4H3. The van der Waals surface area contributed by atoms with Crippen LogP contribution in [0.1, 0.15) is 26.5 Å². The molecule has 1 amide bonds. The van der Waals surface area contributed by atoms with Crippen LogP contribution in [0.5, 0.6) is 5.75 Å². The van der Waals surface area contributed by atoms with E-state index >= 15 is 0 Å². The van der Waals surface area contributed by atoms with Crippen molar-refractivity contribution in [3.63, 3.8) is 0 Å². The Bertz CT molecular complexity index is 979. The molecule has 7 heteroatoms. The number of phenolic OH excluding ortho intramolecular Hbond substituents is 1. The van der Waals surface area contributed by atoms with E-state index in [2.05, 4.69) is 4.98 Å². The van der Waals surface area contributed by atoms with E-state index in [0.717, 1.165) is 16.5 Å². The summed E-state index contributed by atoms with van der Waals surface area (Å²) in [5, 5.41) is 12.1. The molecule has 1 aromatic heterocycles. The minimum atomic E-state index is -0.587. The summed E-state index contributed by atoms with van der Waals surface area (Å²) in [5.41, 5.74) is 1.69. The first kappa shape index (κ1) is 20.8. The lowest BCUT2D eigenvalue weighted by atomic mass is 9.94. The van der Waals surface area contributed by atoms with Crippen LogP contribution in [-0.2, 0) is 11.3 Å². The van der Waals surface area contributed by atoms with E-state index in [0.29, 0.717) is 12.2 Å². The molecule has 0 unspecified atom stereocenters. The highest BCUT2D eigenvalue weighted by atomic mass is 32.1. The fourth-order valence-electron chi connectivity index (χ4n) is 2.78. The molecule has 3 rings (SSSR count). The van der Waals surface area contributed by atoms with Gasteiger partial charge in [-0.3, -0.25) is 4.79 Å². The number of carbonyl (C=O) groups excluding carboxylic acids is 1. The lowest BCUT2D eigenvalue weighted by molar-refractivity contribution is -0.125. The van der Waals surface area contributed by atoms with Gasteiger partial charge in [-0.1, -0.05) is 20.8 Å². The number of thiazole rings is 1. The van der Waals surface area contributed by atoms with Crippen LogP contribution in [0.15, 0.2) is 53.9 Å². The maximum Gasteiger partial charge on any atom is 0.232 e. The number of rotatable bonds is 5. The van der Waals surface area contributed by atoms with Crippen molar-refractivity contribution < 1.29 is 14.3 Å². The highest BCUT2D eigenvalue weighted by Crippen LogP contribution is 2.30. The molecule has 0 fully saturated rings. The SMILES string of the molecule is CN(c1ccc(O)cc1)c1nc(CN(C(=O)C(C)(C)C)c2ccc(F)cc2)cs1. The van der Waals surface area contributed by atoms with Gasteiger partial charge in [0, 0.05) is 29.2 Å². The number of aromatic nitrogens is 1. The van der Waals surface area contributed by atoms with Crippen LogP contribution in [0.25, 0.3) is 0 Å².